The van der Waals surface area contributed by atoms with E-state index in [9.17, 15) is 24.3 Å². The van der Waals surface area contributed by atoms with Crippen LogP contribution in [0.3, 0.4) is 0 Å². The number of imide groups is 2. The molecular formula is C30H32BN3O11. The van der Waals surface area contributed by atoms with Gasteiger partial charge in [0.2, 0.25) is 11.8 Å². The Bertz CT molecular complexity index is 1390. The van der Waals surface area contributed by atoms with Crippen LogP contribution in [0.25, 0.3) is 0 Å². The average Bonchev–Trinajstić information content (AvgIpc) is 3.89. The van der Waals surface area contributed by atoms with Gasteiger partial charge in [-0.3, -0.25) is 29.0 Å². The molecule has 0 aliphatic carbocycles. The van der Waals surface area contributed by atoms with E-state index in [1.54, 1.807) is 24.3 Å². The van der Waals surface area contributed by atoms with Gasteiger partial charge < -0.3 is 25.0 Å². The Hall–Kier alpha value is -4.22. The highest BCUT2D eigenvalue weighted by Crippen LogP contribution is 2.45. The van der Waals surface area contributed by atoms with Crippen LogP contribution in [0.5, 0.6) is 0 Å². The number of fused-ring (bicyclic) bond motifs is 5. The summed E-state index contributed by atoms with van der Waals surface area (Å²) in [5.74, 6) is -2.11. The van der Waals surface area contributed by atoms with Crippen LogP contribution in [-0.2, 0) is 33.6 Å². The normalized spacial score (nSPS) is 26.6. The topological polar surface area (TPSA) is 187 Å². The molecule has 4 amide bonds. The van der Waals surface area contributed by atoms with Crippen LogP contribution in [0.2, 0.25) is 0 Å². The maximum absolute atomic E-state index is 12.0. The Balaban J connectivity index is 0.000000142. The Morgan fingerprint density at radius 1 is 0.822 bits per heavy atom. The van der Waals surface area contributed by atoms with Gasteiger partial charge in [0, 0.05) is 12.2 Å². The molecule has 45 heavy (non-hydrogen) atoms. The molecule has 7 rings (SSSR count). The minimum Gasteiger partial charge on any atom is -0.423 e. The first-order valence-electron chi connectivity index (χ1n) is 14.2. The smallest absolute Gasteiger partial charge is 0.423 e. The van der Waals surface area contributed by atoms with Crippen molar-refractivity contribution in [1.29, 1.82) is 0 Å². The molecule has 6 atom stereocenters. The number of β-amino-alcohol motifs (C(OH)–C–C–N with tert-alkyl or cyclic N) is 1. The Morgan fingerprint density at radius 2 is 1.38 bits per heavy atom. The molecule has 2 aromatic carbocycles. The van der Waals surface area contributed by atoms with E-state index in [4.69, 9.17) is 29.6 Å². The van der Waals surface area contributed by atoms with Gasteiger partial charge >= 0.3 is 7.12 Å². The van der Waals surface area contributed by atoms with Crippen molar-refractivity contribution in [3.05, 3.63) is 85.0 Å². The van der Waals surface area contributed by atoms with Gasteiger partial charge in [0.25, 0.3) is 11.8 Å². The number of hydrogen-bond acceptors (Lipinski definition) is 12. The molecular weight excluding hydrogens is 589 g/mol. The van der Waals surface area contributed by atoms with Crippen LogP contribution in [0.4, 0.5) is 5.69 Å². The summed E-state index contributed by atoms with van der Waals surface area (Å²) >= 11 is 0. The number of amides is 4. The number of benzene rings is 2. The molecule has 236 valence electrons. The maximum atomic E-state index is 12.0. The second-order valence-corrected chi connectivity index (χ2v) is 10.6. The molecule has 3 fully saturated rings. The molecule has 0 aromatic heterocycles. The largest absolute Gasteiger partial charge is 0.488 e. The summed E-state index contributed by atoms with van der Waals surface area (Å²) in [6, 6.07) is 18.0. The van der Waals surface area contributed by atoms with E-state index in [0.717, 1.165) is 15.5 Å². The fourth-order valence-electron chi connectivity index (χ4n) is 5.37. The van der Waals surface area contributed by atoms with Crippen LogP contribution in [0.1, 0.15) is 0 Å². The fourth-order valence-corrected chi connectivity index (χ4v) is 5.37. The van der Waals surface area contributed by atoms with Crippen molar-refractivity contribution >= 4 is 41.9 Å². The van der Waals surface area contributed by atoms with E-state index in [1.807, 2.05) is 48.6 Å². The number of carbonyl (C=O) groups is 4. The third-order valence-corrected chi connectivity index (χ3v) is 7.58. The maximum Gasteiger partial charge on any atom is 0.488 e. The van der Waals surface area contributed by atoms with Gasteiger partial charge in [0.1, 0.15) is 12.7 Å². The lowest BCUT2D eigenvalue weighted by Crippen LogP contribution is -2.40. The first-order valence-corrected chi connectivity index (χ1v) is 14.2. The molecule has 5 aliphatic rings. The van der Waals surface area contributed by atoms with Crippen LogP contribution in [-0.4, -0.2) is 112 Å². The molecule has 3 saturated heterocycles. The van der Waals surface area contributed by atoms with E-state index in [1.165, 1.54) is 17.4 Å². The average molecular weight is 621 g/mol. The van der Waals surface area contributed by atoms with E-state index in [2.05, 4.69) is 0 Å². The third kappa shape index (κ3) is 7.21. The monoisotopic (exact) mass is 621 g/mol. The van der Waals surface area contributed by atoms with E-state index in [-0.39, 0.29) is 55.0 Å². The van der Waals surface area contributed by atoms with Crippen LogP contribution in [0, 0.1) is 11.8 Å². The molecule has 0 saturated carbocycles. The summed E-state index contributed by atoms with van der Waals surface area (Å²) < 4.78 is 5.47. The van der Waals surface area contributed by atoms with Gasteiger partial charge in [-0.05, 0) is 17.6 Å². The second kappa shape index (κ2) is 14.3. The quantitative estimate of drug-likeness (QED) is 0.156. The first-order chi connectivity index (χ1) is 21.7. The number of aliphatic hydroxyl groups is 2. The molecule has 2 aromatic rings. The zero-order valence-corrected chi connectivity index (χ0v) is 23.9. The molecule has 5 aliphatic heterocycles. The van der Waals surface area contributed by atoms with Gasteiger partial charge in [-0.2, -0.15) is 0 Å². The predicted molar refractivity (Wildman–Crippen MR) is 156 cm³/mol. The number of para-hydroxylation sites is 1. The van der Waals surface area contributed by atoms with Gasteiger partial charge in [0.05, 0.1) is 55.5 Å². The van der Waals surface area contributed by atoms with E-state index >= 15 is 0 Å². The number of likely N-dealkylation sites (tertiary alicyclic amines) is 1. The lowest BCUT2D eigenvalue weighted by molar-refractivity contribution is -0.144. The number of rotatable bonds is 7. The lowest BCUT2D eigenvalue weighted by atomic mass is 9.81. The molecule has 5 heterocycles. The van der Waals surface area contributed by atoms with Gasteiger partial charge in [-0.15, -0.1) is 5.23 Å². The number of nitrogens with zero attached hydrogens (tertiary/aromatic N) is 3. The fraction of sp³-hybridized carbons (Fsp3) is 0.333. The highest BCUT2D eigenvalue weighted by molar-refractivity contribution is 6.58. The number of anilines is 1. The number of hydrogen-bond donors (Lipinski definition) is 4. The van der Waals surface area contributed by atoms with Crippen molar-refractivity contribution < 1.29 is 53.9 Å². The van der Waals surface area contributed by atoms with Crippen molar-refractivity contribution in [2.75, 3.05) is 31.5 Å². The van der Waals surface area contributed by atoms with Crippen molar-refractivity contribution in [2.24, 2.45) is 11.8 Å². The minimum atomic E-state index is -1.34. The molecule has 4 N–H and O–H groups in total. The molecule has 0 spiro atoms. The first kappa shape index (κ1) is 32.2. The van der Waals surface area contributed by atoms with Crippen molar-refractivity contribution in [3.8, 4) is 0 Å². The molecule has 6 unspecified atom stereocenters. The molecule has 15 heteroatoms. The second-order valence-electron chi connectivity index (χ2n) is 10.6. The van der Waals surface area contributed by atoms with E-state index in [0.29, 0.717) is 12.1 Å². The summed E-state index contributed by atoms with van der Waals surface area (Å²) in [4.78, 5) is 60.0. The standard InChI is InChI=1S/C13H12N2O4.C11H13NO5.C6H7BO2/c16-12-6-7-13(17)14(12)8-11-9-18-15(19-11)10-4-2-1-3-5-10;13-4-5(14)3-12-10(15)8-6-1-2-7(17-6)9(8)11(12)16;8-7(9)6-4-2-1-3-5-6/h1-7,11H,8-9H2;1-2,5-9,13-14H,3-4H2;1-5,8-9H. The number of ether oxygens (including phenoxy) is 1. The Kier molecular flexibility index (Phi) is 10.2. The van der Waals surface area contributed by atoms with Crippen molar-refractivity contribution in [1.82, 2.24) is 9.80 Å². The highest BCUT2D eigenvalue weighted by Gasteiger charge is 2.60. The SMILES string of the molecule is O=C1C2C3C=CC(O3)C2C(=O)N1CC(O)CO.O=C1C=CC(=O)N1CC1CON(c2ccccc2)O1.OB(O)c1ccccc1. The third-order valence-electron chi connectivity index (χ3n) is 7.58. The summed E-state index contributed by atoms with van der Waals surface area (Å²) in [5.41, 5.74) is 1.29. The zero-order chi connectivity index (χ0) is 32.1. The Morgan fingerprint density at radius 3 is 1.89 bits per heavy atom. The van der Waals surface area contributed by atoms with Crippen molar-refractivity contribution in [3.63, 3.8) is 0 Å². The van der Waals surface area contributed by atoms with Crippen LogP contribution in [0.15, 0.2) is 85.0 Å². The number of aliphatic hydroxyl groups excluding tert-OH is 2. The molecule has 0 radical (unpaired) electrons. The zero-order valence-electron chi connectivity index (χ0n) is 23.9. The van der Waals surface area contributed by atoms with Crippen LogP contribution < -0.4 is 10.7 Å². The van der Waals surface area contributed by atoms with Crippen molar-refractivity contribution in [2.45, 2.75) is 24.4 Å². The van der Waals surface area contributed by atoms with Crippen LogP contribution >= 0.6 is 0 Å². The highest BCUT2D eigenvalue weighted by atomic mass is 17.0. The predicted octanol–water partition coefficient (Wildman–Crippen LogP) is -1.69. The summed E-state index contributed by atoms with van der Waals surface area (Å²) in [5, 5.41) is 36.5. The number of carbonyl (C=O) groups excluding carboxylic acids is 4. The van der Waals surface area contributed by atoms with E-state index < -0.39 is 31.7 Å². The van der Waals surface area contributed by atoms with Gasteiger partial charge in [-0.25, -0.2) is 9.68 Å². The molecule has 14 nitrogen and oxygen atoms in total. The molecule has 2 bridgehead atoms. The lowest BCUT2D eigenvalue weighted by Gasteiger charge is -2.19. The minimum absolute atomic E-state index is 0.138. The van der Waals surface area contributed by atoms with Gasteiger partial charge in [-0.1, -0.05) is 60.7 Å². The Labute approximate surface area is 258 Å². The summed E-state index contributed by atoms with van der Waals surface area (Å²) in [6.45, 7) is -0.117. The summed E-state index contributed by atoms with van der Waals surface area (Å²) in [6.07, 6.45) is 4.09. The summed E-state index contributed by atoms with van der Waals surface area (Å²) in [7, 11) is -1.34. The van der Waals surface area contributed by atoms with Gasteiger partial charge in [0.15, 0.2) is 0 Å².